The number of ether oxygens (including phenoxy) is 1. The van der Waals surface area contributed by atoms with Gasteiger partial charge in [-0.05, 0) is 49.2 Å². The van der Waals surface area contributed by atoms with Gasteiger partial charge in [0.15, 0.2) is 0 Å². The third-order valence-electron chi connectivity index (χ3n) is 4.52. The Hall–Kier alpha value is -1.26. The topological polar surface area (TPSA) is 24.5 Å². The van der Waals surface area contributed by atoms with Crippen LogP contribution in [0.15, 0.2) is 42.5 Å². The predicted octanol–water partition coefficient (Wildman–Crippen LogP) is 4.78. The summed E-state index contributed by atoms with van der Waals surface area (Å²) in [5.74, 6) is 0.889. The summed E-state index contributed by atoms with van der Waals surface area (Å²) in [4.78, 5) is 2.48. The van der Waals surface area contributed by atoms with Gasteiger partial charge in [0.25, 0.3) is 0 Å². The van der Waals surface area contributed by atoms with E-state index in [1.807, 2.05) is 31.2 Å². The second-order valence-electron chi connectivity index (χ2n) is 6.19. The van der Waals surface area contributed by atoms with Crippen LogP contribution in [-0.4, -0.2) is 37.7 Å². The molecule has 1 N–H and O–H groups in total. The minimum absolute atomic E-state index is 0.0850. The predicted molar refractivity (Wildman–Crippen MR) is 105 cm³/mol. The molecule has 1 aliphatic rings. The van der Waals surface area contributed by atoms with Gasteiger partial charge in [-0.3, -0.25) is 4.90 Å². The van der Waals surface area contributed by atoms with Crippen LogP contribution in [0.25, 0.3) is 0 Å². The van der Waals surface area contributed by atoms with E-state index in [1.54, 1.807) is 0 Å². The summed E-state index contributed by atoms with van der Waals surface area (Å²) in [5.41, 5.74) is 2.26. The van der Waals surface area contributed by atoms with Crippen molar-refractivity contribution < 1.29 is 4.74 Å². The van der Waals surface area contributed by atoms with Crippen LogP contribution in [-0.2, 0) is 0 Å². The number of rotatable bonds is 5. The van der Waals surface area contributed by atoms with Crippen molar-refractivity contribution in [1.82, 2.24) is 10.2 Å². The van der Waals surface area contributed by atoms with Crippen molar-refractivity contribution in [3.63, 3.8) is 0 Å². The summed E-state index contributed by atoms with van der Waals surface area (Å²) in [6, 6.07) is 14.3. The zero-order valence-corrected chi connectivity index (χ0v) is 16.0. The lowest BCUT2D eigenvalue weighted by atomic mass is 9.96. The van der Waals surface area contributed by atoms with E-state index in [0.29, 0.717) is 16.7 Å². The molecule has 2 aromatic rings. The van der Waals surface area contributed by atoms with Gasteiger partial charge >= 0.3 is 0 Å². The standard InChI is InChI=1S/C20H24Cl2N2O/c1-2-25-16-9-7-15(8-10-16)20(24-13-4-11-23-12-14-24)17-5-3-6-18(21)19(17)22/h3,5-10,20,23H,2,4,11-14H2,1H3. The van der Waals surface area contributed by atoms with Crippen LogP contribution in [0.3, 0.4) is 0 Å². The van der Waals surface area contributed by atoms with Crippen LogP contribution in [0.4, 0.5) is 0 Å². The SMILES string of the molecule is CCOc1ccc(C(c2cccc(Cl)c2Cl)N2CCCNCC2)cc1. The molecule has 3 rings (SSSR count). The molecule has 1 unspecified atom stereocenters. The van der Waals surface area contributed by atoms with Gasteiger partial charge in [0, 0.05) is 19.6 Å². The molecule has 1 fully saturated rings. The van der Waals surface area contributed by atoms with Gasteiger partial charge in [0.1, 0.15) is 5.75 Å². The van der Waals surface area contributed by atoms with E-state index >= 15 is 0 Å². The fraction of sp³-hybridized carbons (Fsp3) is 0.400. The van der Waals surface area contributed by atoms with Crippen molar-refractivity contribution in [3.8, 4) is 5.75 Å². The van der Waals surface area contributed by atoms with E-state index in [1.165, 1.54) is 5.56 Å². The summed E-state index contributed by atoms with van der Waals surface area (Å²) in [7, 11) is 0. The molecule has 1 aliphatic heterocycles. The lowest BCUT2D eigenvalue weighted by Gasteiger charge is -2.32. The molecule has 0 aromatic heterocycles. The maximum absolute atomic E-state index is 6.58. The Balaban J connectivity index is 2.00. The lowest BCUT2D eigenvalue weighted by molar-refractivity contribution is 0.241. The Kier molecular flexibility index (Phi) is 6.60. The second kappa shape index (κ2) is 8.91. The first-order valence-corrected chi connectivity index (χ1v) is 9.57. The van der Waals surface area contributed by atoms with Crippen LogP contribution >= 0.6 is 23.2 Å². The highest BCUT2D eigenvalue weighted by molar-refractivity contribution is 6.42. The summed E-state index contributed by atoms with van der Waals surface area (Å²) in [5, 5.41) is 4.71. The molecule has 25 heavy (non-hydrogen) atoms. The van der Waals surface area contributed by atoms with Crippen LogP contribution in [0.1, 0.15) is 30.5 Å². The quantitative estimate of drug-likeness (QED) is 0.810. The molecular formula is C20H24Cl2N2O. The van der Waals surface area contributed by atoms with Gasteiger partial charge in [-0.25, -0.2) is 0 Å². The van der Waals surface area contributed by atoms with Crippen LogP contribution in [0.2, 0.25) is 10.0 Å². The van der Waals surface area contributed by atoms with Crippen molar-refractivity contribution in [2.75, 3.05) is 32.8 Å². The zero-order chi connectivity index (χ0) is 17.6. The molecule has 1 saturated heterocycles. The average molecular weight is 379 g/mol. The summed E-state index contributed by atoms with van der Waals surface area (Å²) in [6.45, 7) is 6.68. The number of nitrogens with zero attached hydrogens (tertiary/aromatic N) is 1. The maximum atomic E-state index is 6.58. The highest BCUT2D eigenvalue weighted by Crippen LogP contribution is 2.37. The molecule has 0 aliphatic carbocycles. The molecule has 0 spiro atoms. The second-order valence-corrected chi connectivity index (χ2v) is 6.97. The number of benzene rings is 2. The minimum atomic E-state index is 0.0850. The fourth-order valence-electron chi connectivity index (χ4n) is 3.36. The molecule has 1 heterocycles. The third kappa shape index (κ3) is 4.48. The maximum Gasteiger partial charge on any atom is 0.119 e. The van der Waals surface area contributed by atoms with Crippen molar-refractivity contribution in [2.45, 2.75) is 19.4 Å². The monoisotopic (exact) mass is 378 g/mol. The lowest BCUT2D eigenvalue weighted by Crippen LogP contribution is -2.33. The zero-order valence-electron chi connectivity index (χ0n) is 14.5. The van der Waals surface area contributed by atoms with E-state index in [9.17, 15) is 0 Å². The largest absolute Gasteiger partial charge is 0.494 e. The van der Waals surface area contributed by atoms with Crippen LogP contribution < -0.4 is 10.1 Å². The smallest absolute Gasteiger partial charge is 0.119 e. The van der Waals surface area contributed by atoms with E-state index in [0.717, 1.165) is 43.9 Å². The average Bonchev–Trinajstić information content (AvgIpc) is 2.90. The first kappa shape index (κ1) is 18.5. The number of hydrogen-bond acceptors (Lipinski definition) is 3. The first-order chi connectivity index (χ1) is 12.2. The first-order valence-electron chi connectivity index (χ1n) is 8.82. The number of halogens is 2. The molecule has 134 valence electrons. The highest BCUT2D eigenvalue weighted by atomic mass is 35.5. The molecule has 2 aromatic carbocycles. The van der Waals surface area contributed by atoms with Crippen molar-refractivity contribution >= 4 is 23.2 Å². The Morgan fingerprint density at radius 2 is 1.88 bits per heavy atom. The molecule has 0 saturated carbocycles. The molecule has 1 atom stereocenters. The Labute approximate surface area is 159 Å². The minimum Gasteiger partial charge on any atom is -0.494 e. The molecule has 0 bridgehead atoms. The fourth-order valence-corrected chi connectivity index (χ4v) is 3.77. The third-order valence-corrected chi connectivity index (χ3v) is 5.36. The molecular weight excluding hydrogens is 355 g/mol. The van der Waals surface area contributed by atoms with E-state index in [4.69, 9.17) is 27.9 Å². The summed E-state index contributed by atoms with van der Waals surface area (Å²) >= 11 is 12.9. The van der Waals surface area contributed by atoms with Gasteiger partial charge in [-0.2, -0.15) is 0 Å². The summed E-state index contributed by atoms with van der Waals surface area (Å²) in [6.07, 6.45) is 1.12. The number of nitrogens with one attached hydrogen (secondary N) is 1. The van der Waals surface area contributed by atoms with E-state index in [-0.39, 0.29) is 6.04 Å². The molecule has 0 radical (unpaired) electrons. The van der Waals surface area contributed by atoms with Gasteiger partial charge in [-0.1, -0.05) is 47.5 Å². The van der Waals surface area contributed by atoms with E-state index in [2.05, 4.69) is 28.4 Å². The van der Waals surface area contributed by atoms with Crippen LogP contribution in [0, 0.1) is 0 Å². The Morgan fingerprint density at radius 3 is 2.64 bits per heavy atom. The normalized spacial score (nSPS) is 17.1. The van der Waals surface area contributed by atoms with Crippen molar-refractivity contribution in [1.29, 1.82) is 0 Å². The van der Waals surface area contributed by atoms with Crippen molar-refractivity contribution in [3.05, 3.63) is 63.6 Å². The van der Waals surface area contributed by atoms with Gasteiger partial charge in [0.2, 0.25) is 0 Å². The Morgan fingerprint density at radius 1 is 1.08 bits per heavy atom. The van der Waals surface area contributed by atoms with Crippen LogP contribution in [0.5, 0.6) is 5.75 Å². The molecule has 5 heteroatoms. The number of hydrogen-bond donors (Lipinski definition) is 1. The van der Waals surface area contributed by atoms with E-state index < -0.39 is 0 Å². The molecule has 0 amide bonds. The van der Waals surface area contributed by atoms with Gasteiger partial charge < -0.3 is 10.1 Å². The highest BCUT2D eigenvalue weighted by Gasteiger charge is 2.25. The summed E-state index contributed by atoms with van der Waals surface area (Å²) < 4.78 is 5.58. The van der Waals surface area contributed by atoms with Crippen molar-refractivity contribution in [2.24, 2.45) is 0 Å². The van der Waals surface area contributed by atoms with Gasteiger partial charge in [-0.15, -0.1) is 0 Å². The van der Waals surface area contributed by atoms with Gasteiger partial charge in [0.05, 0.1) is 22.7 Å². The molecule has 3 nitrogen and oxygen atoms in total. The Bertz CT molecular complexity index is 683.